The molecule has 7 heteroatoms. The van der Waals surface area contributed by atoms with E-state index in [1.54, 1.807) is 25.2 Å². The average Bonchev–Trinajstić information content (AvgIpc) is 3.36. The summed E-state index contributed by atoms with van der Waals surface area (Å²) in [6.07, 6.45) is 0.325. The standard InChI is InChI=1S/C22H23N3O4/c1-13-5-6-15(7-14(13)2)22-23-21(24-29-22)16-8-20(26)25(12-16)17-9-18(27-3)11-19(10-17)28-4/h5-7,9-11,16H,8,12H2,1-4H3. The minimum atomic E-state index is -0.135. The van der Waals surface area contributed by atoms with Gasteiger partial charge in [-0.3, -0.25) is 4.79 Å². The fraction of sp³-hybridized carbons (Fsp3) is 0.318. The molecule has 2 aromatic carbocycles. The zero-order valence-electron chi connectivity index (χ0n) is 16.9. The Morgan fingerprint density at radius 1 is 1.03 bits per heavy atom. The van der Waals surface area contributed by atoms with Crippen molar-refractivity contribution < 1.29 is 18.8 Å². The second kappa shape index (κ2) is 7.58. The van der Waals surface area contributed by atoms with Crippen molar-refractivity contribution in [3.8, 4) is 23.0 Å². The topological polar surface area (TPSA) is 77.7 Å². The van der Waals surface area contributed by atoms with Crippen LogP contribution in [0.15, 0.2) is 40.9 Å². The highest BCUT2D eigenvalue weighted by atomic mass is 16.5. The molecule has 1 aliphatic rings. The molecule has 0 bridgehead atoms. The molecule has 1 aliphatic heterocycles. The summed E-state index contributed by atoms with van der Waals surface area (Å²) < 4.78 is 16.1. The minimum absolute atomic E-state index is 0.00263. The summed E-state index contributed by atoms with van der Waals surface area (Å²) in [5.74, 6) is 2.15. The molecule has 1 unspecified atom stereocenters. The Morgan fingerprint density at radius 2 is 1.76 bits per heavy atom. The number of hydrogen-bond acceptors (Lipinski definition) is 6. The summed E-state index contributed by atoms with van der Waals surface area (Å²) in [6.45, 7) is 4.58. The van der Waals surface area contributed by atoms with Crippen LogP contribution in [-0.4, -0.2) is 36.8 Å². The maximum Gasteiger partial charge on any atom is 0.257 e. The van der Waals surface area contributed by atoms with Crippen molar-refractivity contribution in [3.63, 3.8) is 0 Å². The van der Waals surface area contributed by atoms with Crippen LogP contribution in [0, 0.1) is 13.8 Å². The zero-order chi connectivity index (χ0) is 20.5. The van der Waals surface area contributed by atoms with Crippen LogP contribution in [0.5, 0.6) is 11.5 Å². The van der Waals surface area contributed by atoms with Gasteiger partial charge in [0.25, 0.3) is 5.89 Å². The van der Waals surface area contributed by atoms with Gasteiger partial charge in [0, 0.05) is 42.6 Å². The first-order valence-electron chi connectivity index (χ1n) is 9.43. The number of carbonyl (C=O) groups excluding carboxylic acids is 1. The number of methoxy groups -OCH3 is 2. The summed E-state index contributed by atoms with van der Waals surface area (Å²) in [5, 5.41) is 4.14. The molecule has 150 valence electrons. The Kier molecular flexibility index (Phi) is 4.96. The predicted molar refractivity (Wildman–Crippen MR) is 108 cm³/mol. The monoisotopic (exact) mass is 393 g/mol. The van der Waals surface area contributed by atoms with Crippen LogP contribution >= 0.6 is 0 Å². The third kappa shape index (κ3) is 3.68. The largest absolute Gasteiger partial charge is 0.497 e. The van der Waals surface area contributed by atoms with Crippen molar-refractivity contribution in [3.05, 3.63) is 53.3 Å². The molecule has 29 heavy (non-hydrogen) atoms. The van der Waals surface area contributed by atoms with Gasteiger partial charge in [0.2, 0.25) is 5.91 Å². The van der Waals surface area contributed by atoms with Gasteiger partial charge in [0.05, 0.1) is 19.9 Å². The van der Waals surface area contributed by atoms with E-state index in [-0.39, 0.29) is 11.8 Å². The normalized spacial score (nSPS) is 16.3. The van der Waals surface area contributed by atoms with Gasteiger partial charge < -0.3 is 18.9 Å². The van der Waals surface area contributed by atoms with E-state index in [1.165, 1.54) is 5.56 Å². The Bertz CT molecular complexity index is 1040. The molecule has 2 heterocycles. The zero-order valence-corrected chi connectivity index (χ0v) is 16.9. The molecular weight excluding hydrogens is 370 g/mol. The van der Waals surface area contributed by atoms with Gasteiger partial charge in [-0.25, -0.2) is 0 Å². The van der Waals surface area contributed by atoms with Crippen molar-refractivity contribution in [2.24, 2.45) is 0 Å². The highest BCUT2D eigenvalue weighted by molar-refractivity contribution is 5.96. The quantitative estimate of drug-likeness (QED) is 0.654. The summed E-state index contributed by atoms with van der Waals surface area (Å²) in [7, 11) is 3.17. The van der Waals surface area contributed by atoms with Crippen LogP contribution in [0.3, 0.4) is 0 Å². The number of anilines is 1. The number of rotatable bonds is 5. The highest BCUT2D eigenvalue weighted by Crippen LogP contribution is 2.35. The lowest BCUT2D eigenvalue weighted by Gasteiger charge is -2.18. The first-order chi connectivity index (χ1) is 14.0. The molecule has 0 spiro atoms. The van der Waals surface area contributed by atoms with Crippen molar-refractivity contribution in [2.45, 2.75) is 26.2 Å². The second-order valence-electron chi connectivity index (χ2n) is 7.23. The minimum Gasteiger partial charge on any atom is -0.497 e. The van der Waals surface area contributed by atoms with Gasteiger partial charge in [0.1, 0.15) is 11.5 Å². The number of amides is 1. The number of hydrogen-bond donors (Lipinski definition) is 0. The van der Waals surface area contributed by atoms with E-state index in [1.807, 2.05) is 37.3 Å². The lowest BCUT2D eigenvalue weighted by Crippen LogP contribution is -2.24. The lowest BCUT2D eigenvalue weighted by atomic mass is 10.1. The van der Waals surface area contributed by atoms with Crippen LogP contribution in [0.2, 0.25) is 0 Å². The van der Waals surface area contributed by atoms with Gasteiger partial charge in [-0.2, -0.15) is 4.98 Å². The Morgan fingerprint density at radius 3 is 2.41 bits per heavy atom. The fourth-order valence-corrected chi connectivity index (χ4v) is 3.47. The molecule has 0 radical (unpaired) electrons. The predicted octanol–water partition coefficient (Wildman–Crippen LogP) is 3.89. The number of carbonyl (C=O) groups is 1. The molecule has 1 atom stereocenters. The van der Waals surface area contributed by atoms with Gasteiger partial charge in [0.15, 0.2) is 5.82 Å². The van der Waals surface area contributed by atoms with Crippen molar-refractivity contribution >= 4 is 11.6 Å². The first kappa shape index (κ1) is 19.0. The maximum atomic E-state index is 12.7. The third-order valence-electron chi connectivity index (χ3n) is 5.33. The number of ether oxygens (including phenoxy) is 2. The fourth-order valence-electron chi connectivity index (χ4n) is 3.47. The summed E-state index contributed by atoms with van der Waals surface area (Å²) in [5.41, 5.74) is 3.98. The Labute approximate surface area is 169 Å². The van der Waals surface area contributed by atoms with Crippen molar-refractivity contribution in [1.29, 1.82) is 0 Å². The summed E-state index contributed by atoms with van der Waals surface area (Å²) in [4.78, 5) is 18.9. The van der Waals surface area contributed by atoms with Crippen molar-refractivity contribution in [2.75, 3.05) is 25.7 Å². The number of aromatic nitrogens is 2. The lowest BCUT2D eigenvalue weighted by molar-refractivity contribution is -0.117. The van der Waals surface area contributed by atoms with Gasteiger partial charge in [-0.05, 0) is 37.1 Å². The SMILES string of the molecule is COc1cc(OC)cc(N2CC(c3noc(-c4ccc(C)c(C)c4)n3)CC2=O)c1. The van der Waals surface area contributed by atoms with Gasteiger partial charge in [-0.1, -0.05) is 11.2 Å². The first-order valence-corrected chi connectivity index (χ1v) is 9.43. The molecule has 7 nitrogen and oxygen atoms in total. The third-order valence-corrected chi connectivity index (χ3v) is 5.33. The van der Waals surface area contributed by atoms with E-state index in [0.717, 1.165) is 16.8 Å². The number of nitrogens with zero attached hydrogens (tertiary/aromatic N) is 3. The molecule has 0 aliphatic carbocycles. The molecule has 0 saturated carbocycles. The van der Waals surface area contributed by atoms with E-state index >= 15 is 0 Å². The molecule has 1 saturated heterocycles. The van der Waals surface area contributed by atoms with Crippen LogP contribution in [0.1, 0.15) is 29.3 Å². The van der Waals surface area contributed by atoms with Crippen LogP contribution in [0.25, 0.3) is 11.5 Å². The molecular formula is C22H23N3O4. The van der Waals surface area contributed by atoms with E-state index in [0.29, 0.717) is 36.2 Å². The number of aryl methyl sites for hydroxylation is 2. The molecule has 1 aromatic heterocycles. The van der Waals surface area contributed by atoms with E-state index in [4.69, 9.17) is 14.0 Å². The molecule has 3 aromatic rings. The Balaban J connectivity index is 1.57. The smallest absolute Gasteiger partial charge is 0.257 e. The molecule has 1 fully saturated rings. The molecule has 4 rings (SSSR count). The highest BCUT2D eigenvalue weighted by Gasteiger charge is 2.35. The average molecular weight is 393 g/mol. The van der Waals surface area contributed by atoms with E-state index < -0.39 is 0 Å². The summed E-state index contributed by atoms with van der Waals surface area (Å²) >= 11 is 0. The van der Waals surface area contributed by atoms with E-state index in [2.05, 4.69) is 17.1 Å². The summed E-state index contributed by atoms with van der Waals surface area (Å²) in [6, 6.07) is 11.4. The Hall–Kier alpha value is -3.35. The maximum absolute atomic E-state index is 12.7. The van der Waals surface area contributed by atoms with Crippen molar-refractivity contribution in [1.82, 2.24) is 10.1 Å². The molecule has 0 N–H and O–H groups in total. The molecule has 1 amide bonds. The van der Waals surface area contributed by atoms with Crippen LogP contribution < -0.4 is 14.4 Å². The van der Waals surface area contributed by atoms with Crippen LogP contribution in [-0.2, 0) is 4.79 Å². The van der Waals surface area contributed by atoms with Gasteiger partial charge >= 0.3 is 0 Å². The second-order valence-corrected chi connectivity index (χ2v) is 7.23. The van der Waals surface area contributed by atoms with E-state index in [9.17, 15) is 4.79 Å². The van der Waals surface area contributed by atoms with Gasteiger partial charge in [-0.15, -0.1) is 0 Å². The van der Waals surface area contributed by atoms with Crippen LogP contribution in [0.4, 0.5) is 5.69 Å². The number of benzene rings is 2.